The fraction of sp³-hybridized carbons (Fsp3) is 0.625. The molecule has 1 N–H and O–H groups in total. The predicted molar refractivity (Wildman–Crippen MR) is 97.8 cm³/mol. The normalized spacial score (nSPS) is 18.7. The fourth-order valence-electron chi connectivity index (χ4n) is 2.79. The lowest BCUT2D eigenvalue weighted by Crippen LogP contribution is -2.38. The van der Waals surface area contributed by atoms with E-state index in [1.165, 1.54) is 10.6 Å². The van der Waals surface area contributed by atoms with E-state index in [0.29, 0.717) is 23.9 Å². The first-order chi connectivity index (χ1) is 11.8. The zero-order chi connectivity index (χ0) is 18.4. The van der Waals surface area contributed by atoms with Crippen molar-refractivity contribution in [1.82, 2.24) is 4.31 Å². The minimum Gasteiger partial charge on any atom is -0.490 e. The van der Waals surface area contributed by atoms with Gasteiger partial charge in [0.15, 0.2) is 6.29 Å². The Morgan fingerprint density at radius 2 is 2.08 bits per heavy atom. The predicted octanol–water partition coefficient (Wildman–Crippen LogP) is 2.17. The molecule has 1 aromatic rings. The summed E-state index contributed by atoms with van der Waals surface area (Å²) in [6.45, 7) is 1.28. The van der Waals surface area contributed by atoms with Gasteiger partial charge in [-0.05, 0) is 25.0 Å². The van der Waals surface area contributed by atoms with Crippen LogP contribution < -0.4 is 10.1 Å². The van der Waals surface area contributed by atoms with Crippen LogP contribution in [-0.2, 0) is 19.5 Å². The second-order valence-electron chi connectivity index (χ2n) is 5.91. The smallest absolute Gasteiger partial charge is 0.211 e. The number of hydrogen-bond donors (Lipinski definition) is 1. The Bertz CT molecular complexity index is 666. The van der Waals surface area contributed by atoms with Crippen LogP contribution in [0.3, 0.4) is 0 Å². The summed E-state index contributed by atoms with van der Waals surface area (Å²) in [7, 11) is -0.0766. The van der Waals surface area contributed by atoms with Crippen molar-refractivity contribution in [3.63, 3.8) is 0 Å². The second-order valence-corrected chi connectivity index (χ2v) is 8.25. The third-order valence-electron chi connectivity index (χ3n) is 4.11. The standard InChI is InChI=1S/C16H25ClN2O5S/c1-22-16(23-2)10-18-12-6-7-14(17)15(9-12)24-11-13-5-4-8-19(13)25(3,20)21/h6-7,9,13,16,18H,4-5,8,10-11H2,1-3H3. The molecule has 0 bridgehead atoms. The highest BCUT2D eigenvalue weighted by molar-refractivity contribution is 7.88. The molecule has 0 aromatic heterocycles. The number of hydrogen-bond acceptors (Lipinski definition) is 6. The Labute approximate surface area is 154 Å². The van der Waals surface area contributed by atoms with E-state index in [9.17, 15) is 8.42 Å². The first-order valence-electron chi connectivity index (χ1n) is 8.03. The molecule has 1 aliphatic heterocycles. The molecule has 1 unspecified atom stereocenters. The molecule has 2 rings (SSSR count). The van der Waals surface area contributed by atoms with Gasteiger partial charge in [0.1, 0.15) is 12.4 Å². The van der Waals surface area contributed by atoms with Gasteiger partial charge in [-0.15, -0.1) is 0 Å². The SMILES string of the molecule is COC(CNc1ccc(Cl)c(OCC2CCCN2S(C)(=O)=O)c1)OC. The lowest BCUT2D eigenvalue weighted by atomic mass is 10.2. The zero-order valence-corrected chi connectivity index (χ0v) is 16.3. The van der Waals surface area contributed by atoms with E-state index < -0.39 is 10.0 Å². The number of nitrogens with zero attached hydrogens (tertiary/aromatic N) is 1. The molecule has 0 amide bonds. The molecule has 1 aliphatic rings. The first kappa shape index (κ1) is 20.3. The van der Waals surface area contributed by atoms with Gasteiger partial charge in [0.25, 0.3) is 0 Å². The minimum absolute atomic E-state index is 0.158. The largest absolute Gasteiger partial charge is 0.490 e. The molecule has 25 heavy (non-hydrogen) atoms. The van der Waals surface area contributed by atoms with Crippen LogP contribution >= 0.6 is 11.6 Å². The average molecular weight is 393 g/mol. The van der Waals surface area contributed by atoms with Crippen molar-refractivity contribution in [2.75, 3.05) is 45.5 Å². The van der Waals surface area contributed by atoms with Crippen molar-refractivity contribution in [3.05, 3.63) is 23.2 Å². The number of halogens is 1. The van der Waals surface area contributed by atoms with E-state index in [0.717, 1.165) is 18.5 Å². The van der Waals surface area contributed by atoms with E-state index in [1.807, 2.05) is 6.07 Å². The van der Waals surface area contributed by atoms with Crippen molar-refractivity contribution < 1.29 is 22.6 Å². The van der Waals surface area contributed by atoms with Crippen LogP contribution in [0.1, 0.15) is 12.8 Å². The summed E-state index contributed by atoms with van der Waals surface area (Å²) in [6, 6.07) is 5.19. The van der Waals surface area contributed by atoms with Crippen molar-refractivity contribution in [1.29, 1.82) is 0 Å². The van der Waals surface area contributed by atoms with Gasteiger partial charge in [0.2, 0.25) is 10.0 Å². The van der Waals surface area contributed by atoms with Gasteiger partial charge < -0.3 is 19.5 Å². The summed E-state index contributed by atoms with van der Waals surface area (Å²) in [4.78, 5) is 0. The number of rotatable bonds is 9. The van der Waals surface area contributed by atoms with Crippen molar-refractivity contribution in [2.24, 2.45) is 0 Å². The average Bonchev–Trinajstić information content (AvgIpc) is 3.05. The number of sulfonamides is 1. The second kappa shape index (κ2) is 9.05. The molecule has 1 saturated heterocycles. The molecule has 0 spiro atoms. The Balaban J connectivity index is 1.98. The molecule has 1 heterocycles. The summed E-state index contributed by atoms with van der Waals surface area (Å²) in [5, 5.41) is 3.66. The monoisotopic (exact) mass is 392 g/mol. The molecule has 0 saturated carbocycles. The van der Waals surface area contributed by atoms with Gasteiger partial charge in [-0.2, -0.15) is 4.31 Å². The van der Waals surface area contributed by atoms with Crippen LogP contribution in [-0.4, -0.2) is 65.2 Å². The molecule has 0 aliphatic carbocycles. The van der Waals surface area contributed by atoms with Crippen LogP contribution in [0.2, 0.25) is 5.02 Å². The van der Waals surface area contributed by atoms with Gasteiger partial charge in [0.05, 0.1) is 23.9 Å². The van der Waals surface area contributed by atoms with Crippen molar-refractivity contribution in [3.8, 4) is 5.75 Å². The number of anilines is 1. The maximum atomic E-state index is 11.8. The van der Waals surface area contributed by atoms with E-state index in [2.05, 4.69) is 5.32 Å². The molecule has 0 radical (unpaired) electrons. The van der Waals surface area contributed by atoms with Crippen LogP contribution in [0, 0.1) is 0 Å². The molecule has 7 nitrogen and oxygen atoms in total. The number of methoxy groups -OCH3 is 2. The van der Waals surface area contributed by atoms with Crippen LogP contribution in [0.5, 0.6) is 5.75 Å². The number of ether oxygens (including phenoxy) is 3. The number of benzene rings is 1. The summed E-state index contributed by atoms with van der Waals surface area (Å²) < 4.78 is 41.1. The molecular weight excluding hydrogens is 368 g/mol. The first-order valence-corrected chi connectivity index (χ1v) is 10.3. The summed E-state index contributed by atoms with van der Waals surface area (Å²) in [5.41, 5.74) is 0.810. The van der Waals surface area contributed by atoms with Crippen LogP contribution in [0.4, 0.5) is 5.69 Å². The summed E-state index contributed by atoms with van der Waals surface area (Å²) >= 11 is 6.19. The molecular formula is C16H25ClN2O5S. The molecule has 1 aromatic carbocycles. The van der Waals surface area contributed by atoms with E-state index in [4.69, 9.17) is 25.8 Å². The molecule has 1 atom stereocenters. The van der Waals surface area contributed by atoms with Gasteiger partial charge in [-0.3, -0.25) is 0 Å². The van der Waals surface area contributed by atoms with Crippen LogP contribution in [0.25, 0.3) is 0 Å². The Hall–Kier alpha value is -1.06. The lowest BCUT2D eigenvalue weighted by molar-refractivity contribution is -0.0914. The fourth-order valence-corrected chi connectivity index (χ4v) is 4.13. The van der Waals surface area contributed by atoms with Gasteiger partial charge in [0, 0.05) is 32.5 Å². The van der Waals surface area contributed by atoms with Gasteiger partial charge >= 0.3 is 0 Å². The van der Waals surface area contributed by atoms with E-state index in [-0.39, 0.29) is 18.9 Å². The molecule has 9 heteroatoms. The van der Waals surface area contributed by atoms with Crippen molar-refractivity contribution >= 4 is 27.3 Å². The van der Waals surface area contributed by atoms with Gasteiger partial charge in [-0.1, -0.05) is 11.6 Å². The molecule has 1 fully saturated rings. The Morgan fingerprint density at radius 1 is 1.36 bits per heavy atom. The molecule has 142 valence electrons. The highest BCUT2D eigenvalue weighted by atomic mass is 35.5. The summed E-state index contributed by atoms with van der Waals surface area (Å²) in [5.74, 6) is 0.512. The van der Waals surface area contributed by atoms with Gasteiger partial charge in [-0.25, -0.2) is 8.42 Å². The minimum atomic E-state index is -3.22. The third-order valence-corrected chi connectivity index (χ3v) is 5.76. The highest BCUT2D eigenvalue weighted by Gasteiger charge is 2.31. The Morgan fingerprint density at radius 3 is 2.72 bits per heavy atom. The van der Waals surface area contributed by atoms with Crippen molar-refractivity contribution in [2.45, 2.75) is 25.2 Å². The number of nitrogens with one attached hydrogen (secondary N) is 1. The maximum absolute atomic E-state index is 11.8. The zero-order valence-electron chi connectivity index (χ0n) is 14.7. The van der Waals surface area contributed by atoms with E-state index in [1.54, 1.807) is 26.4 Å². The van der Waals surface area contributed by atoms with E-state index >= 15 is 0 Å². The van der Waals surface area contributed by atoms with Crippen LogP contribution in [0.15, 0.2) is 18.2 Å². The summed E-state index contributed by atoms with van der Waals surface area (Å²) in [6.07, 6.45) is 2.49. The maximum Gasteiger partial charge on any atom is 0.211 e. The lowest BCUT2D eigenvalue weighted by Gasteiger charge is -2.22. The highest BCUT2D eigenvalue weighted by Crippen LogP contribution is 2.29. The topological polar surface area (TPSA) is 77.1 Å². The Kier molecular flexibility index (Phi) is 7.33. The third kappa shape index (κ3) is 5.72. The quantitative estimate of drug-likeness (QED) is 0.649.